The lowest BCUT2D eigenvalue weighted by Crippen LogP contribution is -2.26. The summed E-state index contributed by atoms with van der Waals surface area (Å²) in [4.78, 5) is 21.8. The van der Waals surface area contributed by atoms with Crippen molar-refractivity contribution in [1.29, 1.82) is 0 Å². The number of aliphatic imine (C=N–C) groups is 3. The summed E-state index contributed by atoms with van der Waals surface area (Å²) in [6.07, 6.45) is 0. The van der Waals surface area contributed by atoms with Gasteiger partial charge in [-0.3, -0.25) is 0 Å². The van der Waals surface area contributed by atoms with Crippen molar-refractivity contribution in [2.45, 2.75) is 26.3 Å². The van der Waals surface area contributed by atoms with Gasteiger partial charge in [-0.15, -0.1) is 0 Å². The van der Waals surface area contributed by atoms with Crippen molar-refractivity contribution in [2.75, 3.05) is 0 Å². The molecule has 0 fully saturated rings. The first-order chi connectivity index (χ1) is 7.80. The van der Waals surface area contributed by atoms with Crippen LogP contribution in [0.4, 0.5) is 17.8 Å². The van der Waals surface area contributed by atoms with E-state index < -0.39 is 0 Å². The molecule has 92 valence electrons. The van der Waals surface area contributed by atoms with E-state index in [0.717, 1.165) is 0 Å². The second kappa shape index (κ2) is 6.54. The van der Waals surface area contributed by atoms with Crippen LogP contribution in [0.15, 0.2) is 15.0 Å². The van der Waals surface area contributed by atoms with Crippen molar-refractivity contribution in [3.8, 4) is 0 Å². The van der Waals surface area contributed by atoms with Gasteiger partial charge in [0.05, 0.1) is 0 Å². The maximum atomic E-state index is 5.35. The van der Waals surface area contributed by atoms with Crippen LogP contribution in [0.1, 0.15) is 20.8 Å². The average Bonchev–Trinajstić information content (AvgIpc) is 2.26. The molecule has 1 heterocycles. The summed E-state index contributed by atoms with van der Waals surface area (Å²) in [6.45, 7) is 15.7. The van der Waals surface area contributed by atoms with Crippen LogP contribution in [0.25, 0.3) is 0 Å². The van der Waals surface area contributed by atoms with Gasteiger partial charge in [-0.25, -0.2) is 15.0 Å². The Morgan fingerprint density at radius 2 is 1.00 bits per heavy atom. The Labute approximate surface area is 101 Å². The number of hydrogen-bond donors (Lipinski definition) is 1. The van der Waals surface area contributed by atoms with Gasteiger partial charge < -0.3 is 5.73 Å². The quantitative estimate of drug-likeness (QED) is 0.804. The van der Waals surface area contributed by atoms with Crippen molar-refractivity contribution >= 4 is 38.0 Å². The van der Waals surface area contributed by atoms with Crippen LogP contribution in [-0.2, 0) is 0 Å². The summed E-state index contributed by atoms with van der Waals surface area (Å²) >= 11 is 0. The standard InChI is InChI=1S/C6H6N6.C4H11N/c1-7-4-10-5(8-2)12-6(9-3)11-4;1-4(2,3)5/h1-3H2;5H2,1-3H3. The smallest absolute Gasteiger partial charge is 0.255 e. The van der Waals surface area contributed by atoms with Crippen LogP contribution in [0, 0.1) is 0 Å². The molecule has 2 N–H and O–H groups in total. The third kappa shape index (κ3) is 7.86. The highest BCUT2D eigenvalue weighted by atomic mass is 15.2. The van der Waals surface area contributed by atoms with E-state index >= 15 is 0 Å². The fourth-order valence-electron chi connectivity index (χ4n) is 0.555. The number of nitrogens with two attached hydrogens (primary N) is 1. The molecule has 0 bridgehead atoms. The lowest BCUT2D eigenvalue weighted by atomic mass is 10.1. The van der Waals surface area contributed by atoms with E-state index in [-0.39, 0.29) is 23.4 Å². The van der Waals surface area contributed by atoms with Crippen LogP contribution in [0.5, 0.6) is 0 Å². The molecule has 0 aliphatic heterocycles. The Kier molecular flexibility index (Phi) is 5.76. The third-order valence-corrected chi connectivity index (χ3v) is 1.02. The fourth-order valence-corrected chi connectivity index (χ4v) is 0.555. The van der Waals surface area contributed by atoms with Gasteiger partial charge in [0.15, 0.2) is 0 Å². The predicted octanol–water partition coefficient (Wildman–Crippen LogP) is 1.61. The van der Waals surface area contributed by atoms with Crippen molar-refractivity contribution in [1.82, 2.24) is 15.0 Å². The van der Waals surface area contributed by atoms with E-state index in [4.69, 9.17) is 5.73 Å². The van der Waals surface area contributed by atoms with Crippen molar-refractivity contribution in [2.24, 2.45) is 20.7 Å². The highest BCUT2D eigenvalue weighted by molar-refractivity contribution is 5.44. The zero-order chi connectivity index (χ0) is 13.5. The topological polar surface area (TPSA) is 102 Å². The number of aromatic nitrogens is 3. The highest BCUT2D eigenvalue weighted by Crippen LogP contribution is 2.13. The lowest BCUT2D eigenvalue weighted by molar-refractivity contribution is 0.580. The molecule has 1 aromatic heterocycles. The molecule has 7 nitrogen and oxygen atoms in total. The largest absolute Gasteiger partial charge is 0.326 e. The predicted molar refractivity (Wildman–Crippen MR) is 71.4 cm³/mol. The van der Waals surface area contributed by atoms with Gasteiger partial charge in [-0.1, -0.05) is 0 Å². The molecule has 0 aliphatic rings. The highest BCUT2D eigenvalue weighted by Gasteiger charge is 2.00. The van der Waals surface area contributed by atoms with Crippen LogP contribution >= 0.6 is 0 Å². The molecule has 0 amide bonds. The molecule has 0 saturated carbocycles. The number of rotatable bonds is 3. The first kappa shape index (κ1) is 15.0. The van der Waals surface area contributed by atoms with E-state index in [9.17, 15) is 0 Å². The van der Waals surface area contributed by atoms with Gasteiger partial charge in [-0.2, -0.15) is 15.0 Å². The monoisotopic (exact) mass is 235 g/mol. The molecule has 0 atom stereocenters. The number of nitrogens with zero attached hydrogens (tertiary/aromatic N) is 6. The van der Waals surface area contributed by atoms with Crippen molar-refractivity contribution < 1.29 is 0 Å². The van der Waals surface area contributed by atoms with Gasteiger partial charge in [0, 0.05) is 5.54 Å². The fraction of sp³-hybridized carbons (Fsp3) is 0.400. The van der Waals surface area contributed by atoms with Gasteiger partial charge in [-0.05, 0) is 40.9 Å². The van der Waals surface area contributed by atoms with E-state index in [1.165, 1.54) is 0 Å². The Hall–Kier alpha value is -2.02. The SMILES string of the molecule is C=Nc1nc(N=C)nc(N=C)n1.CC(C)(C)N. The van der Waals surface area contributed by atoms with Crippen LogP contribution in [0.3, 0.4) is 0 Å². The van der Waals surface area contributed by atoms with Crippen LogP contribution < -0.4 is 5.73 Å². The average molecular weight is 235 g/mol. The molecule has 17 heavy (non-hydrogen) atoms. The van der Waals surface area contributed by atoms with E-state index in [2.05, 4.69) is 50.1 Å². The van der Waals surface area contributed by atoms with Gasteiger partial charge in [0.2, 0.25) is 0 Å². The minimum Gasteiger partial charge on any atom is -0.326 e. The summed E-state index contributed by atoms with van der Waals surface area (Å²) in [5.41, 5.74) is 5.35. The van der Waals surface area contributed by atoms with Gasteiger partial charge in [0.25, 0.3) is 17.8 Å². The minimum atomic E-state index is 0. The zero-order valence-electron chi connectivity index (χ0n) is 10.4. The maximum absolute atomic E-state index is 5.35. The Morgan fingerprint density at radius 3 is 1.12 bits per heavy atom. The maximum Gasteiger partial charge on any atom is 0.255 e. The molecule has 0 saturated heterocycles. The summed E-state index contributed by atoms with van der Waals surface area (Å²) in [6, 6.07) is 0. The Morgan fingerprint density at radius 1 is 0.824 bits per heavy atom. The molecular weight excluding hydrogens is 218 g/mol. The molecule has 0 aliphatic carbocycles. The molecule has 0 unspecified atom stereocenters. The van der Waals surface area contributed by atoms with Gasteiger partial charge >= 0.3 is 0 Å². The van der Waals surface area contributed by atoms with E-state index in [1.54, 1.807) is 0 Å². The summed E-state index contributed by atoms with van der Waals surface area (Å²) in [7, 11) is 0. The summed E-state index contributed by atoms with van der Waals surface area (Å²) < 4.78 is 0. The molecule has 1 aromatic rings. The molecule has 1 rings (SSSR count). The first-order valence-electron chi connectivity index (χ1n) is 4.75. The molecular formula is C10H17N7. The number of hydrogen-bond acceptors (Lipinski definition) is 7. The summed E-state index contributed by atoms with van der Waals surface area (Å²) in [5, 5.41) is 0. The first-order valence-corrected chi connectivity index (χ1v) is 4.75. The third-order valence-electron chi connectivity index (χ3n) is 1.02. The molecule has 7 heteroatoms. The van der Waals surface area contributed by atoms with Crippen LogP contribution in [0.2, 0.25) is 0 Å². The Balaban J connectivity index is 0.000000437. The Bertz CT molecular complexity index is 335. The van der Waals surface area contributed by atoms with E-state index in [1.807, 2.05) is 20.8 Å². The van der Waals surface area contributed by atoms with Crippen molar-refractivity contribution in [3.05, 3.63) is 0 Å². The van der Waals surface area contributed by atoms with Crippen molar-refractivity contribution in [3.63, 3.8) is 0 Å². The normalized spacial score (nSPS) is 9.88. The lowest BCUT2D eigenvalue weighted by Gasteiger charge is -2.06. The second-order valence-corrected chi connectivity index (χ2v) is 4.08. The zero-order valence-corrected chi connectivity index (χ0v) is 10.4. The summed E-state index contributed by atoms with van der Waals surface area (Å²) in [5.74, 6) is 0.486. The molecule has 0 spiro atoms. The molecule has 0 radical (unpaired) electrons. The van der Waals surface area contributed by atoms with E-state index in [0.29, 0.717) is 0 Å². The minimum absolute atomic E-state index is 0. The second-order valence-electron chi connectivity index (χ2n) is 4.08. The van der Waals surface area contributed by atoms with Crippen LogP contribution in [-0.4, -0.2) is 40.6 Å². The van der Waals surface area contributed by atoms with Gasteiger partial charge in [0.1, 0.15) is 0 Å². The molecule has 0 aromatic carbocycles.